The summed E-state index contributed by atoms with van der Waals surface area (Å²) in [6.45, 7) is 5.72. The fourth-order valence-electron chi connectivity index (χ4n) is 3.03. The first-order chi connectivity index (χ1) is 10.3. The quantitative estimate of drug-likeness (QED) is 0.896. The lowest BCUT2D eigenvalue weighted by molar-refractivity contribution is 0.297. The molecule has 0 unspecified atom stereocenters. The van der Waals surface area contributed by atoms with Gasteiger partial charge in [0.05, 0.1) is 7.11 Å². The molecule has 112 valence electrons. The van der Waals surface area contributed by atoms with Crippen LogP contribution in [0.25, 0.3) is 16.5 Å². The highest BCUT2D eigenvalue weighted by atomic mass is 16.5. The van der Waals surface area contributed by atoms with Crippen LogP contribution in [0, 0.1) is 0 Å². The lowest BCUT2D eigenvalue weighted by atomic mass is 9.98. The highest BCUT2D eigenvalue weighted by Crippen LogP contribution is 2.31. The molecule has 0 radical (unpaired) electrons. The van der Waals surface area contributed by atoms with Crippen LogP contribution in [0.15, 0.2) is 30.5 Å². The monoisotopic (exact) mass is 284 g/mol. The summed E-state index contributed by atoms with van der Waals surface area (Å²) in [5.41, 5.74) is 3.97. The Morgan fingerprint density at radius 3 is 2.95 bits per heavy atom. The Bertz CT molecular complexity index is 642. The standard InChI is InChI=1S/C18H24N2O/c1-3-4-9-20-10-7-14(8-11-20)17-13-19-18-6-5-15(21-2)12-16(17)18/h5-7,12-13,19H,3-4,8-11H2,1-2H3. The molecule has 3 nitrogen and oxygen atoms in total. The van der Waals surface area contributed by atoms with Gasteiger partial charge in [0, 0.05) is 35.8 Å². The van der Waals surface area contributed by atoms with E-state index in [4.69, 9.17) is 4.74 Å². The Labute approximate surface area is 126 Å². The van der Waals surface area contributed by atoms with Gasteiger partial charge in [0.2, 0.25) is 0 Å². The van der Waals surface area contributed by atoms with Crippen LogP contribution in [0.5, 0.6) is 5.75 Å². The first kappa shape index (κ1) is 14.2. The second kappa shape index (κ2) is 6.35. The van der Waals surface area contributed by atoms with Crippen LogP contribution in [0.4, 0.5) is 0 Å². The molecule has 1 aliphatic rings. The Morgan fingerprint density at radius 1 is 1.33 bits per heavy atom. The first-order valence-electron chi connectivity index (χ1n) is 7.88. The van der Waals surface area contributed by atoms with Gasteiger partial charge >= 0.3 is 0 Å². The molecule has 2 heterocycles. The highest BCUT2D eigenvalue weighted by molar-refractivity contribution is 5.93. The number of aromatic amines is 1. The molecular formula is C18H24N2O. The maximum Gasteiger partial charge on any atom is 0.119 e. The number of ether oxygens (including phenoxy) is 1. The molecule has 0 aliphatic carbocycles. The van der Waals surface area contributed by atoms with Crippen molar-refractivity contribution < 1.29 is 4.74 Å². The van der Waals surface area contributed by atoms with E-state index >= 15 is 0 Å². The van der Waals surface area contributed by atoms with Gasteiger partial charge in [-0.3, -0.25) is 4.90 Å². The molecule has 1 aliphatic heterocycles. The van der Waals surface area contributed by atoms with E-state index in [9.17, 15) is 0 Å². The normalized spacial score (nSPS) is 16.2. The molecule has 21 heavy (non-hydrogen) atoms. The summed E-state index contributed by atoms with van der Waals surface area (Å²) in [6, 6.07) is 6.23. The molecule has 3 rings (SSSR count). The Balaban J connectivity index is 1.82. The van der Waals surface area contributed by atoms with E-state index in [1.807, 2.05) is 6.07 Å². The number of benzene rings is 1. The molecule has 0 saturated carbocycles. The third-order valence-electron chi connectivity index (χ3n) is 4.36. The average Bonchev–Trinajstić information content (AvgIpc) is 2.96. The zero-order chi connectivity index (χ0) is 14.7. The first-order valence-corrected chi connectivity index (χ1v) is 7.88. The molecule has 0 saturated heterocycles. The third kappa shape index (κ3) is 2.98. The van der Waals surface area contributed by atoms with Crippen molar-refractivity contribution in [1.82, 2.24) is 9.88 Å². The zero-order valence-electron chi connectivity index (χ0n) is 13.0. The molecule has 0 amide bonds. The van der Waals surface area contributed by atoms with E-state index in [0.29, 0.717) is 0 Å². The summed E-state index contributed by atoms with van der Waals surface area (Å²) in [4.78, 5) is 5.92. The molecule has 1 aromatic heterocycles. The van der Waals surface area contributed by atoms with Crippen molar-refractivity contribution in [2.45, 2.75) is 26.2 Å². The van der Waals surface area contributed by atoms with Gasteiger partial charge in [-0.1, -0.05) is 19.4 Å². The molecule has 0 fully saturated rings. The summed E-state index contributed by atoms with van der Waals surface area (Å²) in [5, 5.41) is 1.27. The van der Waals surface area contributed by atoms with Crippen LogP contribution in [0.1, 0.15) is 31.7 Å². The number of methoxy groups -OCH3 is 1. The SMILES string of the molecule is CCCCN1CC=C(c2c[nH]c3ccc(OC)cc23)CC1. The second-order valence-electron chi connectivity index (χ2n) is 5.75. The van der Waals surface area contributed by atoms with Crippen LogP contribution >= 0.6 is 0 Å². The maximum absolute atomic E-state index is 5.35. The molecule has 0 spiro atoms. The molecule has 2 aromatic rings. The van der Waals surface area contributed by atoms with Crippen molar-refractivity contribution in [2.75, 3.05) is 26.7 Å². The van der Waals surface area contributed by atoms with Crippen molar-refractivity contribution in [3.8, 4) is 5.75 Å². The predicted octanol–water partition coefficient (Wildman–Crippen LogP) is 4.07. The lowest BCUT2D eigenvalue weighted by Gasteiger charge is -2.26. The number of rotatable bonds is 5. The third-order valence-corrected chi connectivity index (χ3v) is 4.36. The van der Waals surface area contributed by atoms with Gasteiger partial charge in [-0.05, 0) is 43.2 Å². The second-order valence-corrected chi connectivity index (χ2v) is 5.75. The number of H-pyrrole nitrogens is 1. The summed E-state index contributed by atoms with van der Waals surface area (Å²) in [7, 11) is 1.72. The molecule has 3 heteroatoms. The van der Waals surface area contributed by atoms with Crippen LogP contribution in [0.3, 0.4) is 0 Å². The lowest BCUT2D eigenvalue weighted by Crippen LogP contribution is -2.29. The fourth-order valence-corrected chi connectivity index (χ4v) is 3.03. The number of aromatic nitrogens is 1. The van der Waals surface area contributed by atoms with Gasteiger partial charge in [0.1, 0.15) is 5.75 Å². The number of unbranched alkanes of at least 4 members (excludes halogenated alkanes) is 1. The summed E-state index contributed by atoms with van der Waals surface area (Å²) < 4.78 is 5.35. The molecule has 0 bridgehead atoms. The highest BCUT2D eigenvalue weighted by Gasteiger charge is 2.15. The van der Waals surface area contributed by atoms with Crippen molar-refractivity contribution in [3.05, 3.63) is 36.0 Å². The van der Waals surface area contributed by atoms with E-state index in [1.165, 1.54) is 48.0 Å². The molecule has 1 aromatic carbocycles. The largest absolute Gasteiger partial charge is 0.497 e. The topological polar surface area (TPSA) is 28.3 Å². The van der Waals surface area contributed by atoms with Gasteiger partial charge in [0.15, 0.2) is 0 Å². The van der Waals surface area contributed by atoms with Gasteiger partial charge in [-0.15, -0.1) is 0 Å². The summed E-state index contributed by atoms with van der Waals surface area (Å²) in [5.74, 6) is 0.921. The van der Waals surface area contributed by atoms with Crippen LogP contribution < -0.4 is 4.74 Å². The van der Waals surface area contributed by atoms with E-state index in [2.05, 4.69) is 41.2 Å². The molecule has 1 N–H and O–H groups in total. The smallest absolute Gasteiger partial charge is 0.119 e. The van der Waals surface area contributed by atoms with Gasteiger partial charge in [0.25, 0.3) is 0 Å². The fraction of sp³-hybridized carbons (Fsp3) is 0.444. The minimum atomic E-state index is 0.921. The van der Waals surface area contributed by atoms with Gasteiger partial charge < -0.3 is 9.72 Å². The van der Waals surface area contributed by atoms with Crippen LogP contribution in [-0.4, -0.2) is 36.6 Å². The number of hydrogen-bond acceptors (Lipinski definition) is 2. The molecule has 0 atom stereocenters. The van der Waals surface area contributed by atoms with Crippen LogP contribution in [0.2, 0.25) is 0 Å². The summed E-state index contributed by atoms with van der Waals surface area (Å²) >= 11 is 0. The number of nitrogens with zero attached hydrogens (tertiary/aromatic N) is 1. The van der Waals surface area contributed by atoms with E-state index in [-0.39, 0.29) is 0 Å². The van der Waals surface area contributed by atoms with Crippen LogP contribution in [-0.2, 0) is 0 Å². The van der Waals surface area contributed by atoms with Gasteiger partial charge in [-0.25, -0.2) is 0 Å². The molecular weight excluding hydrogens is 260 g/mol. The van der Waals surface area contributed by atoms with Crippen molar-refractivity contribution in [3.63, 3.8) is 0 Å². The maximum atomic E-state index is 5.35. The number of nitrogens with one attached hydrogen (secondary N) is 1. The summed E-state index contributed by atoms with van der Waals surface area (Å²) in [6.07, 6.45) is 8.23. The van der Waals surface area contributed by atoms with E-state index in [1.54, 1.807) is 7.11 Å². The zero-order valence-corrected chi connectivity index (χ0v) is 13.0. The van der Waals surface area contributed by atoms with E-state index in [0.717, 1.165) is 18.7 Å². The minimum absolute atomic E-state index is 0.921. The number of fused-ring (bicyclic) bond motifs is 1. The minimum Gasteiger partial charge on any atom is -0.497 e. The van der Waals surface area contributed by atoms with Gasteiger partial charge in [-0.2, -0.15) is 0 Å². The average molecular weight is 284 g/mol. The Hall–Kier alpha value is -1.74. The Morgan fingerprint density at radius 2 is 2.24 bits per heavy atom. The van der Waals surface area contributed by atoms with E-state index < -0.39 is 0 Å². The van der Waals surface area contributed by atoms with Crippen molar-refractivity contribution >= 4 is 16.5 Å². The predicted molar refractivity (Wildman–Crippen MR) is 88.8 cm³/mol. The van der Waals surface area contributed by atoms with Crippen molar-refractivity contribution in [2.24, 2.45) is 0 Å². The number of hydrogen-bond donors (Lipinski definition) is 1. The van der Waals surface area contributed by atoms with Crippen molar-refractivity contribution in [1.29, 1.82) is 0 Å². The Kier molecular flexibility index (Phi) is 4.30.